The Morgan fingerprint density at radius 1 is 1.07 bits per heavy atom. The maximum absolute atomic E-state index is 10.4. The van der Waals surface area contributed by atoms with Crippen molar-refractivity contribution < 1.29 is 9.84 Å². The number of halogens is 2. The van der Waals surface area contributed by atoms with Gasteiger partial charge in [-0.2, -0.15) is 0 Å². The predicted molar refractivity (Wildman–Crippen MR) is 120 cm³/mol. The van der Waals surface area contributed by atoms with Crippen molar-refractivity contribution in [2.24, 2.45) is 4.99 Å². The monoisotopic (exact) mass is 470 g/mol. The van der Waals surface area contributed by atoms with E-state index in [9.17, 15) is 5.11 Å². The van der Waals surface area contributed by atoms with Gasteiger partial charge in [0.2, 0.25) is 0 Å². The van der Waals surface area contributed by atoms with Crippen LogP contribution in [0, 0.1) is 0 Å². The molecule has 1 heterocycles. The summed E-state index contributed by atoms with van der Waals surface area (Å²) in [6.45, 7) is 0. The number of nitrogens with one attached hydrogen (secondary N) is 1. The maximum atomic E-state index is 10.4. The number of phenols is 1. The minimum atomic E-state index is -0.338. The van der Waals surface area contributed by atoms with Gasteiger partial charge in [-0.1, -0.05) is 57.9 Å². The summed E-state index contributed by atoms with van der Waals surface area (Å²) in [7, 11) is 1.65. The Bertz CT molecular complexity index is 1070. The van der Waals surface area contributed by atoms with E-state index in [2.05, 4.69) is 21.2 Å². The molecule has 0 radical (unpaired) electrons. The first-order valence-electron chi connectivity index (χ1n) is 9.25. The molecular formula is C23H20BrClN2O2. The fourth-order valence-electron chi connectivity index (χ4n) is 3.61. The number of ether oxygens (including phenoxy) is 1. The van der Waals surface area contributed by atoms with E-state index in [1.165, 1.54) is 0 Å². The van der Waals surface area contributed by atoms with Gasteiger partial charge in [0.1, 0.15) is 17.7 Å². The van der Waals surface area contributed by atoms with E-state index in [0.29, 0.717) is 11.4 Å². The second-order valence-electron chi connectivity index (χ2n) is 6.86. The third-order valence-electron chi connectivity index (χ3n) is 5.00. The summed E-state index contributed by atoms with van der Waals surface area (Å²) in [5, 5.41) is 14.7. The van der Waals surface area contributed by atoms with Crippen LogP contribution >= 0.6 is 27.5 Å². The zero-order chi connectivity index (χ0) is 20.4. The molecule has 0 saturated carbocycles. The summed E-state index contributed by atoms with van der Waals surface area (Å²) in [6.07, 6.45) is 0.292. The lowest BCUT2D eigenvalue weighted by Gasteiger charge is -2.31. The highest BCUT2D eigenvalue weighted by Crippen LogP contribution is 2.37. The number of para-hydroxylation sites is 1. The molecule has 6 heteroatoms. The summed E-state index contributed by atoms with van der Waals surface area (Å²) < 4.78 is 6.52. The van der Waals surface area contributed by atoms with Gasteiger partial charge in [-0.3, -0.25) is 10.3 Å². The summed E-state index contributed by atoms with van der Waals surface area (Å²) in [4.78, 5) is 4.98. The molecule has 0 spiro atoms. The van der Waals surface area contributed by atoms with E-state index < -0.39 is 0 Å². The third kappa shape index (κ3) is 4.32. The molecule has 0 aliphatic carbocycles. The molecule has 0 aromatic heterocycles. The summed E-state index contributed by atoms with van der Waals surface area (Å²) >= 11 is 9.77. The van der Waals surface area contributed by atoms with E-state index in [1.807, 2.05) is 60.7 Å². The van der Waals surface area contributed by atoms with Gasteiger partial charge < -0.3 is 9.84 Å². The molecule has 4 nitrogen and oxygen atoms in total. The van der Waals surface area contributed by atoms with Crippen LogP contribution in [0.1, 0.15) is 35.3 Å². The van der Waals surface area contributed by atoms with Crippen molar-refractivity contribution in [1.29, 1.82) is 0 Å². The standard InChI is InChI=1S/C23H20BrClN2O2/c1-29-22-10-9-15(24)12-18(22)23-26-19(14-5-4-6-16(25)11-14)13-20(27-23)17-7-2-3-8-21(17)28/h2-12,20,23,27-28H,13H2,1H3. The summed E-state index contributed by atoms with van der Waals surface area (Å²) in [5.41, 5.74) is 3.65. The van der Waals surface area contributed by atoms with Crippen LogP contribution in [0.5, 0.6) is 11.5 Å². The number of benzene rings is 3. The number of methoxy groups -OCH3 is 1. The first-order chi connectivity index (χ1) is 14.0. The van der Waals surface area contributed by atoms with Gasteiger partial charge >= 0.3 is 0 Å². The van der Waals surface area contributed by atoms with Crippen LogP contribution in [-0.2, 0) is 0 Å². The molecule has 29 heavy (non-hydrogen) atoms. The van der Waals surface area contributed by atoms with Crippen LogP contribution in [-0.4, -0.2) is 17.9 Å². The zero-order valence-electron chi connectivity index (χ0n) is 15.8. The topological polar surface area (TPSA) is 53.9 Å². The van der Waals surface area contributed by atoms with Crippen LogP contribution in [0.2, 0.25) is 5.02 Å². The Morgan fingerprint density at radius 2 is 1.90 bits per heavy atom. The molecule has 0 amide bonds. The lowest BCUT2D eigenvalue weighted by molar-refractivity contribution is 0.381. The van der Waals surface area contributed by atoms with E-state index in [-0.39, 0.29) is 18.0 Å². The highest BCUT2D eigenvalue weighted by Gasteiger charge is 2.29. The molecule has 1 aliphatic rings. The smallest absolute Gasteiger partial charge is 0.130 e. The van der Waals surface area contributed by atoms with Crippen LogP contribution < -0.4 is 10.1 Å². The number of aliphatic imine (C=N–C) groups is 1. The molecule has 3 aromatic carbocycles. The second-order valence-corrected chi connectivity index (χ2v) is 8.21. The lowest BCUT2D eigenvalue weighted by atomic mass is 9.93. The van der Waals surface area contributed by atoms with Gasteiger partial charge in [0, 0.05) is 38.8 Å². The number of phenolic OH excluding ortho intramolecular Hbond substituents is 1. The molecule has 2 N–H and O–H groups in total. The molecular weight excluding hydrogens is 452 g/mol. The number of hydrogen-bond donors (Lipinski definition) is 2. The number of rotatable bonds is 4. The van der Waals surface area contributed by atoms with Gasteiger partial charge in [0.25, 0.3) is 0 Å². The quantitative estimate of drug-likeness (QED) is 0.488. The molecule has 0 bridgehead atoms. The first-order valence-corrected chi connectivity index (χ1v) is 10.4. The Balaban J connectivity index is 1.82. The second kappa shape index (κ2) is 8.57. The van der Waals surface area contributed by atoms with Gasteiger partial charge in [-0.05, 0) is 42.0 Å². The Kier molecular flexibility index (Phi) is 5.90. The maximum Gasteiger partial charge on any atom is 0.130 e. The molecule has 3 aromatic rings. The predicted octanol–water partition coefficient (Wildman–Crippen LogP) is 6.04. The zero-order valence-corrected chi connectivity index (χ0v) is 18.1. The minimum Gasteiger partial charge on any atom is -0.508 e. The van der Waals surface area contributed by atoms with Crippen LogP contribution in [0.4, 0.5) is 0 Å². The third-order valence-corrected chi connectivity index (χ3v) is 5.73. The van der Waals surface area contributed by atoms with E-state index in [0.717, 1.165) is 32.6 Å². The molecule has 2 atom stereocenters. The Labute approximate surface area is 183 Å². The highest BCUT2D eigenvalue weighted by molar-refractivity contribution is 9.10. The average molecular weight is 472 g/mol. The highest BCUT2D eigenvalue weighted by atomic mass is 79.9. The fraction of sp³-hybridized carbons (Fsp3) is 0.174. The van der Waals surface area contributed by atoms with Crippen LogP contribution in [0.15, 0.2) is 76.2 Å². The first kappa shape index (κ1) is 20.0. The average Bonchev–Trinajstić information content (AvgIpc) is 2.74. The molecule has 2 unspecified atom stereocenters. The van der Waals surface area contributed by atoms with Crippen LogP contribution in [0.25, 0.3) is 0 Å². The minimum absolute atomic E-state index is 0.114. The summed E-state index contributed by atoms with van der Waals surface area (Å²) in [5.74, 6) is 1.01. The van der Waals surface area contributed by atoms with E-state index >= 15 is 0 Å². The number of aromatic hydroxyl groups is 1. The molecule has 4 rings (SSSR count). The fourth-order valence-corrected chi connectivity index (χ4v) is 4.18. The van der Waals surface area contributed by atoms with Gasteiger partial charge in [0.15, 0.2) is 0 Å². The summed E-state index contributed by atoms with van der Waals surface area (Å²) in [6, 6.07) is 20.8. The molecule has 1 aliphatic heterocycles. The number of nitrogens with zero attached hydrogens (tertiary/aromatic N) is 1. The van der Waals surface area contributed by atoms with Crippen molar-refractivity contribution in [3.8, 4) is 11.5 Å². The van der Waals surface area contributed by atoms with Crippen molar-refractivity contribution in [3.05, 3.63) is 92.9 Å². The van der Waals surface area contributed by atoms with Crippen LogP contribution in [0.3, 0.4) is 0 Å². The van der Waals surface area contributed by atoms with E-state index in [1.54, 1.807) is 13.2 Å². The van der Waals surface area contributed by atoms with Crippen molar-refractivity contribution >= 4 is 33.2 Å². The normalized spacial score (nSPS) is 18.9. The molecule has 0 fully saturated rings. The Morgan fingerprint density at radius 3 is 2.66 bits per heavy atom. The molecule has 148 valence electrons. The van der Waals surface area contributed by atoms with Crippen molar-refractivity contribution in [3.63, 3.8) is 0 Å². The van der Waals surface area contributed by atoms with Crippen molar-refractivity contribution in [2.75, 3.05) is 7.11 Å². The largest absolute Gasteiger partial charge is 0.508 e. The van der Waals surface area contributed by atoms with Crippen molar-refractivity contribution in [1.82, 2.24) is 5.32 Å². The van der Waals surface area contributed by atoms with Gasteiger partial charge in [-0.25, -0.2) is 0 Å². The Hall–Kier alpha value is -2.34. The van der Waals surface area contributed by atoms with Gasteiger partial charge in [-0.15, -0.1) is 0 Å². The SMILES string of the molecule is COc1ccc(Br)cc1C1N=C(c2cccc(Cl)c2)CC(c2ccccc2O)N1. The molecule has 0 saturated heterocycles. The van der Waals surface area contributed by atoms with Crippen molar-refractivity contribution in [2.45, 2.75) is 18.6 Å². The lowest BCUT2D eigenvalue weighted by Crippen LogP contribution is -2.33. The van der Waals surface area contributed by atoms with Gasteiger partial charge in [0.05, 0.1) is 7.11 Å². The number of hydrogen-bond acceptors (Lipinski definition) is 4. The van der Waals surface area contributed by atoms with E-state index in [4.69, 9.17) is 21.3 Å².